The van der Waals surface area contributed by atoms with E-state index in [9.17, 15) is 0 Å². The average Bonchev–Trinajstić information content (AvgIpc) is 2.36. The Morgan fingerprint density at radius 3 is 2.72 bits per heavy atom. The lowest BCUT2D eigenvalue weighted by atomic mass is 10.2. The fraction of sp³-hybridized carbons (Fsp3) is 0.571. The smallest absolute Gasteiger partial charge is 0.123 e. The molecule has 0 spiro atoms. The second-order valence-corrected chi connectivity index (χ2v) is 4.50. The zero-order valence-corrected chi connectivity index (χ0v) is 12.1. The van der Waals surface area contributed by atoms with Crippen molar-refractivity contribution in [3.8, 4) is 5.75 Å². The number of anilines is 1. The predicted molar refractivity (Wildman–Crippen MR) is 76.7 cm³/mol. The Bertz CT molecular complexity index is 356. The van der Waals surface area contributed by atoms with Crippen molar-refractivity contribution < 1.29 is 9.47 Å². The van der Waals surface area contributed by atoms with Crippen LogP contribution in [0.25, 0.3) is 0 Å². The summed E-state index contributed by atoms with van der Waals surface area (Å²) in [6, 6.07) is 5.97. The molecule has 18 heavy (non-hydrogen) atoms. The molecule has 0 amide bonds. The molecule has 0 aromatic heterocycles. The SMILES string of the molecule is CCOc1ccc(NCCOC(C)C)cc1CCl. The number of ether oxygens (including phenoxy) is 2. The van der Waals surface area contributed by atoms with Crippen LogP contribution < -0.4 is 10.1 Å². The minimum Gasteiger partial charge on any atom is -0.494 e. The van der Waals surface area contributed by atoms with E-state index in [-0.39, 0.29) is 6.10 Å². The Kier molecular flexibility index (Phi) is 6.91. The van der Waals surface area contributed by atoms with E-state index in [1.54, 1.807) is 0 Å². The number of rotatable bonds is 8. The van der Waals surface area contributed by atoms with Crippen LogP contribution in [0.2, 0.25) is 0 Å². The molecule has 0 aliphatic heterocycles. The first-order chi connectivity index (χ1) is 8.67. The maximum atomic E-state index is 5.91. The Morgan fingerprint density at radius 1 is 1.33 bits per heavy atom. The van der Waals surface area contributed by atoms with Crippen LogP contribution in [-0.2, 0) is 10.6 Å². The van der Waals surface area contributed by atoms with Crippen LogP contribution in [0.3, 0.4) is 0 Å². The molecule has 1 aromatic carbocycles. The maximum Gasteiger partial charge on any atom is 0.123 e. The van der Waals surface area contributed by atoms with Gasteiger partial charge in [-0.15, -0.1) is 11.6 Å². The second-order valence-electron chi connectivity index (χ2n) is 4.24. The molecule has 0 unspecified atom stereocenters. The molecule has 3 nitrogen and oxygen atoms in total. The van der Waals surface area contributed by atoms with Crippen molar-refractivity contribution in [2.75, 3.05) is 25.1 Å². The van der Waals surface area contributed by atoms with Crippen LogP contribution in [0.4, 0.5) is 5.69 Å². The van der Waals surface area contributed by atoms with Crippen LogP contribution >= 0.6 is 11.6 Å². The third-order valence-corrected chi connectivity index (χ3v) is 2.67. The Balaban J connectivity index is 2.51. The highest BCUT2D eigenvalue weighted by atomic mass is 35.5. The lowest BCUT2D eigenvalue weighted by Gasteiger charge is -2.12. The monoisotopic (exact) mass is 271 g/mol. The highest BCUT2D eigenvalue weighted by molar-refractivity contribution is 6.17. The van der Waals surface area contributed by atoms with Gasteiger partial charge in [-0.3, -0.25) is 0 Å². The van der Waals surface area contributed by atoms with Gasteiger partial charge < -0.3 is 14.8 Å². The van der Waals surface area contributed by atoms with Gasteiger partial charge >= 0.3 is 0 Å². The Labute approximate surface area is 114 Å². The lowest BCUT2D eigenvalue weighted by molar-refractivity contribution is 0.0870. The van der Waals surface area contributed by atoms with Gasteiger partial charge in [0.25, 0.3) is 0 Å². The van der Waals surface area contributed by atoms with Crippen molar-refractivity contribution in [3.05, 3.63) is 23.8 Å². The van der Waals surface area contributed by atoms with Gasteiger partial charge in [-0.2, -0.15) is 0 Å². The van der Waals surface area contributed by atoms with E-state index in [2.05, 4.69) is 5.32 Å². The number of nitrogens with one attached hydrogen (secondary N) is 1. The molecular formula is C14H22ClNO2. The Morgan fingerprint density at radius 2 is 2.11 bits per heavy atom. The molecule has 0 saturated heterocycles. The minimum atomic E-state index is 0.269. The van der Waals surface area contributed by atoms with E-state index in [1.165, 1.54) is 0 Å². The lowest BCUT2D eigenvalue weighted by Crippen LogP contribution is -2.13. The summed E-state index contributed by atoms with van der Waals surface area (Å²) in [7, 11) is 0. The van der Waals surface area contributed by atoms with Gasteiger partial charge in [-0.25, -0.2) is 0 Å². The summed E-state index contributed by atoms with van der Waals surface area (Å²) in [5.74, 6) is 1.31. The number of alkyl halides is 1. The molecule has 0 heterocycles. The largest absolute Gasteiger partial charge is 0.494 e. The third kappa shape index (κ3) is 5.15. The molecule has 0 bridgehead atoms. The van der Waals surface area contributed by atoms with E-state index in [0.717, 1.165) is 23.5 Å². The summed E-state index contributed by atoms with van der Waals surface area (Å²) < 4.78 is 11.0. The molecule has 1 rings (SSSR count). The molecule has 0 aliphatic rings. The van der Waals surface area contributed by atoms with E-state index >= 15 is 0 Å². The van der Waals surface area contributed by atoms with Gasteiger partial charge in [0.1, 0.15) is 5.75 Å². The van der Waals surface area contributed by atoms with E-state index < -0.39 is 0 Å². The third-order valence-electron chi connectivity index (χ3n) is 2.39. The van der Waals surface area contributed by atoms with Crippen molar-refractivity contribution in [2.45, 2.75) is 32.8 Å². The molecule has 0 radical (unpaired) electrons. The van der Waals surface area contributed by atoms with Crippen molar-refractivity contribution in [3.63, 3.8) is 0 Å². The molecule has 0 aliphatic carbocycles. The predicted octanol–water partition coefficient (Wildman–Crippen LogP) is 3.66. The van der Waals surface area contributed by atoms with Gasteiger partial charge in [0.15, 0.2) is 0 Å². The van der Waals surface area contributed by atoms with Crippen LogP contribution in [-0.4, -0.2) is 25.9 Å². The molecular weight excluding hydrogens is 250 g/mol. The molecule has 0 fully saturated rings. The first-order valence-corrected chi connectivity index (χ1v) is 6.88. The highest BCUT2D eigenvalue weighted by Crippen LogP contribution is 2.24. The fourth-order valence-electron chi connectivity index (χ4n) is 1.58. The van der Waals surface area contributed by atoms with Gasteiger partial charge in [0.2, 0.25) is 0 Å². The van der Waals surface area contributed by atoms with Crippen LogP contribution in [0.5, 0.6) is 5.75 Å². The first kappa shape index (κ1) is 15.1. The van der Waals surface area contributed by atoms with Gasteiger partial charge in [0.05, 0.1) is 25.2 Å². The number of halogens is 1. The summed E-state index contributed by atoms with van der Waals surface area (Å²) in [4.78, 5) is 0. The summed E-state index contributed by atoms with van der Waals surface area (Å²) in [6.07, 6.45) is 0.269. The van der Waals surface area contributed by atoms with Crippen molar-refractivity contribution in [1.82, 2.24) is 0 Å². The van der Waals surface area contributed by atoms with Crippen LogP contribution in [0, 0.1) is 0 Å². The average molecular weight is 272 g/mol. The van der Waals surface area contributed by atoms with Crippen LogP contribution in [0.15, 0.2) is 18.2 Å². The summed E-state index contributed by atoms with van der Waals surface area (Å²) in [6.45, 7) is 8.16. The summed E-state index contributed by atoms with van der Waals surface area (Å²) in [5, 5.41) is 3.30. The zero-order valence-electron chi connectivity index (χ0n) is 11.3. The van der Waals surface area contributed by atoms with E-state index in [0.29, 0.717) is 19.1 Å². The van der Waals surface area contributed by atoms with Crippen molar-refractivity contribution in [1.29, 1.82) is 0 Å². The van der Waals surface area contributed by atoms with E-state index in [4.69, 9.17) is 21.1 Å². The van der Waals surface area contributed by atoms with Gasteiger partial charge in [0, 0.05) is 17.8 Å². The Hall–Kier alpha value is -0.930. The van der Waals surface area contributed by atoms with Gasteiger partial charge in [-0.05, 0) is 39.0 Å². The van der Waals surface area contributed by atoms with Crippen molar-refractivity contribution >= 4 is 17.3 Å². The number of hydrogen-bond donors (Lipinski definition) is 1. The fourth-order valence-corrected chi connectivity index (χ4v) is 1.79. The van der Waals surface area contributed by atoms with E-state index in [1.807, 2.05) is 39.0 Å². The molecule has 0 saturated carbocycles. The summed E-state index contributed by atoms with van der Waals surface area (Å²) in [5.41, 5.74) is 2.05. The number of hydrogen-bond acceptors (Lipinski definition) is 3. The first-order valence-electron chi connectivity index (χ1n) is 6.34. The summed E-state index contributed by atoms with van der Waals surface area (Å²) >= 11 is 5.91. The molecule has 1 N–H and O–H groups in total. The minimum absolute atomic E-state index is 0.269. The normalized spacial score (nSPS) is 10.7. The maximum absolute atomic E-state index is 5.91. The standard InChI is InChI=1S/C14H22ClNO2/c1-4-17-14-6-5-13(9-12(14)10-15)16-7-8-18-11(2)3/h5-6,9,11,16H,4,7-8,10H2,1-3H3. The topological polar surface area (TPSA) is 30.5 Å². The highest BCUT2D eigenvalue weighted by Gasteiger charge is 2.03. The van der Waals surface area contributed by atoms with Crippen molar-refractivity contribution in [2.24, 2.45) is 0 Å². The zero-order chi connectivity index (χ0) is 13.4. The second kappa shape index (κ2) is 8.22. The number of benzene rings is 1. The molecule has 102 valence electrons. The molecule has 4 heteroatoms. The van der Waals surface area contributed by atoms with Crippen LogP contribution in [0.1, 0.15) is 26.3 Å². The van der Waals surface area contributed by atoms with Gasteiger partial charge in [-0.1, -0.05) is 0 Å². The molecule has 0 atom stereocenters. The molecule has 1 aromatic rings. The quantitative estimate of drug-likeness (QED) is 0.578.